The molecule has 2 aromatic rings. The van der Waals surface area contributed by atoms with Crippen LogP contribution in [0.5, 0.6) is 0 Å². The summed E-state index contributed by atoms with van der Waals surface area (Å²) in [6.45, 7) is 13.0. The van der Waals surface area contributed by atoms with Crippen molar-refractivity contribution in [2.45, 2.75) is 53.5 Å². The molecule has 0 radical (unpaired) electrons. The zero-order valence-electron chi connectivity index (χ0n) is 19.8. The van der Waals surface area contributed by atoms with Crippen molar-refractivity contribution in [3.05, 3.63) is 46.2 Å². The Morgan fingerprint density at radius 3 is 2.62 bits per heavy atom. The molecule has 9 heteroatoms. The van der Waals surface area contributed by atoms with Crippen LogP contribution >= 0.6 is 23.1 Å². The zero-order valence-corrected chi connectivity index (χ0v) is 21.4. The van der Waals surface area contributed by atoms with E-state index in [1.807, 2.05) is 41.5 Å². The van der Waals surface area contributed by atoms with Crippen molar-refractivity contribution in [1.82, 2.24) is 4.98 Å². The van der Waals surface area contributed by atoms with Crippen LogP contribution in [0.15, 0.2) is 34.8 Å². The maximum Gasteiger partial charge on any atom is 0.284 e. The van der Waals surface area contributed by atoms with Crippen LogP contribution in [0.25, 0.3) is 0 Å². The van der Waals surface area contributed by atoms with E-state index in [-0.39, 0.29) is 17.6 Å². The number of nitrogens with zero attached hydrogens (tertiary/aromatic N) is 2. The van der Waals surface area contributed by atoms with E-state index in [9.17, 15) is 9.18 Å². The number of aromatic nitrogens is 1. The number of hydrogen-bond donors (Lipinski definition) is 2. The Balaban J connectivity index is 0.000000789. The molecule has 3 N–H and O–H groups in total. The van der Waals surface area contributed by atoms with Gasteiger partial charge >= 0.3 is 0 Å². The molecule has 1 saturated heterocycles. The van der Waals surface area contributed by atoms with Crippen molar-refractivity contribution in [3.63, 3.8) is 0 Å². The number of thiazole rings is 1. The van der Waals surface area contributed by atoms with Crippen molar-refractivity contribution in [1.29, 1.82) is 0 Å². The number of thioether (sulfide) groups is 1. The first-order valence-electron chi connectivity index (χ1n) is 11.2. The number of amides is 1. The molecule has 2 aliphatic rings. The summed E-state index contributed by atoms with van der Waals surface area (Å²) in [5.74, 6) is 0.0890. The highest BCUT2D eigenvalue weighted by Gasteiger charge is 2.47. The summed E-state index contributed by atoms with van der Waals surface area (Å²) in [4.78, 5) is 20.9. The van der Waals surface area contributed by atoms with E-state index >= 15 is 0 Å². The fraction of sp³-hybridized carbons (Fsp3) is 0.522. The van der Waals surface area contributed by atoms with Gasteiger partial charge in [-0.25, -0.2) is 9.37 Å². The van der Waals surface area contributed by atoms with Crippen LogP contribution in [0, 0.1) is 11.7 Å². The Hall–Kier alpha value is -1.97. The molecule has 1 amide bonds. The lowest BCUT2D eigenvalue weighted by molar-refractivity contribution is 0.00886. The second-order valence-electron chi connectivity index (χ2n) is 6.19. The normalized spacial score (nSPS) is 21.1. The Labute approximate surface area is 199 Å². The number of nitrogens with two attached hydrogens (primary N) is 1. The number of fused-ring (bicyclic) bond motifs is 1. The SMILES string of the molecule is CC.CC.CC.NC1=N[C@@]2(c3cc(NC(=O)c4nccs4)ccc3F)CCOC[C@H]2CS1. The quantitative estimate of drug-likeness (QED) is 0.568. The van der Waals surface area contributed by atoms with Crippen LogP contribution < -0.4 is 11.1 Å². The first-order chi connectivity index (χ1) is 15.6. The van der Waals surface area contributed by atoms with E-state index in [2.05, 4.69) is 15.3 Å². The number of benzene rings is 1. The molecule has 0 unspecified atom stereocenters. The van der Waals surface area contributed by atoms with Gasteiger partial charge in [-0.3, -0.25) is 9.79 Å². The second kappa shape index (κ2) is 14.2. The number of hydrogen-bond acceptors (Lipinski definition) is 7. The van der Waals surface area contributed by atoms with Gasteiger partial charge in [0, 0.05) is 47.5 Å². The third-order valence-electron chi connectivity index (χ3n) is 4.68. The number of amidine groups is 1. The standard InChI is InChI=1S/C17H17FN4O2S2.3C2H6/c18-13-2-1-11(21-14(23)15-20-4-6-25-15)7-12(13)17-3-5-24-8-10(17)9-26-16(19)22-17;3*1-2/h1-2,4,6-7,10H,3,5,8-9H2,(H2,19,22)(H,21,23);3*1-2H3/t10-,17-;;;/m0.../s1. The van der Waals surface area contributed by atoms with Gasteiger partial charge in [0.05, 0.1) is 12.1 Å². The summed E-state index contributed by atoms with van der Waals surface area (Å²) in [7, 11) is 0. The summed E-state index contributed by atoms with van der Waals surface area (Å²) in [5.41, 5.74) is 6.18. The highest BCUT2D eigenvalue weighted by molar-refractivity contribution is 8.13. The lowest BCUT2D eigenvalue weighted by Crippen LogP contribution is -2.47. The molecule has 3 heterocycles. The Morgan fingerprint density at radius 1 is 1.25 bits per heavy atom. The van der Waals surface area contributed by atoms with Gasteiger partial charge in [0.15, 0.2) is 10.2 Å². The molecule has 4 rings (SSSR count). The maximum atomic E-state index is 14.8. The fourth-order valence-corrected chi connectivity index (χ4v) is 4.91. The number of ether oxygens (including phenoxy) is 1. The van der Waals surface area contributed by atoms with Crippen LogP contribution in [0.1, 0.15) is 63.3 Å². The van der Waals surface area contributed by atoms with Gasteiger partial charge in [-0.1, -0.05) is 53.3 Å². The molecule has 178 valence electrons. The molecule has 2 aliphatic heterocycles. The number of carbonyl (C=O) groups excluding carboxylic acids is 1. The predicted octanol–water partition coefficient (Wildman–Crippen LogP) is 5.91. The number of halogens is 1. The third-order valence-corrected chi connectivity index (χ3v) is 6.41. The maximum absolute atomic E-state index is 14.8. The first kappa shape index (κ1) is 28.1. The van der Waals surface area contributed by atoms with Crippen LogP contribution in [0.2, 0.25) is 0 Å². The molecule has 0 bridgehead atoms. The Kier molecular flexibility index (Phi) is 12.5. The van der Waals surface area contributed by atoms with Crippen LogP contribution in [0.3, 0.4) is 0 Å². The van der Waals surface area contributed by atoms with E-state index in [0.717, 1.165) is 5.75 Å². The molecule has 32 heavy (non-hydrogen) atoms. The second-order valence-corrected chi connectivity index (χ2v) is 8.13. The minimum absolute atomic E-state index is 0.0352. The van der Waals surface area contributed by atoms with Crippen molar-refractivity contribution >= 4 is 39.9 Å². The largest absolute Gasteiger partial charge is 0.381 e. The molecular weight excluding hydrogens is 447 g/mol. The van der Waals surface area contributed by atoms with Gasteiger partial charge < -0.3 is 15.8 Å². The number of rotatable bonds is 3. The van der Waals surface area contributed by atoms with Gasteiger partial charge in [-0.2, -0.15) is 0 Å². The topological polar surface area (TPSA) is 89.6 Å². The number of anilines is 1. The van der Waals surface area contributed by atoms with E-state index in [0.29, 0.717) is 41.1 Å². The lowest BCUT2D eigenvalue weighted by atomic mass is 9.75. The van der Waals surface area contributed by atoms with Gasteiger partial charge in [0.1, 0.15) is 5.82 Å². The summed E-state index contributed by atoms with van der Waals surface area (Å²) >= 11 is 2.71. The summed E-state index contributed by atoms with van der Waals surface area (Å²) < 4.78 is 20.4. The van der Waals surface area contributed by atoms with Crippen molar-refractivity contribution in [2.24, 2.45) is 16.6 Å². The third kappa shape index (κ3) is 6.52. The van der Waals surface area contributed by atoms with E-state index in [1.165, 1.54) is 29.2 Å². The average molecular weight is 483 g/mol. The average Bonchev–Trinajstić information content (AvgIpc) is 3.39. The van der Waals surface area contributed by atoms with E-state index in [4.69, 9.17) is 10.5 Å². The minimum atomic E-state index is -0.750. The van der Waals surface area contributed by atoms with Gasteiger partial charge in [-0.05, 0) is 18.2 Å². The molecule has 1 fully saturated rings. The molecular formula is C23H35FN4O2S2. The highest BCUT2D eigenvalue weighted by Crippen LogP contribution is 2.46. The molecule has 2 atom stereocenters. The minimum Gasteiger partial charge on any atom is -0.381 e. The highest BCUT2D eigenvalue weighted by atomic mass is 32.2. The van der Waals surface area contributed by atoms with Gasteiger partial charge in [0.2, 0.25) is 0 Å². The summed E-state index contributed by atoms with van der Waals surface area (Å²) in [6.07, 6.45) is 2.12. The number of aliphatic imine (C=N–C) groups is 1. The summed E-state index contributed by atoms with van der Waals surface area (Å²) in [6, 6.07) is 4.56. The molecule has 0 spiro atoms. The van der Waals surface area contributed by atoms with Crippen LogP contribution in [0.4, 0.5) is 10.1 Å². The lowest BCUT2D eigenvalue weighted by Gasteiger charge is -2.44. The van der Waals surface area contributed by atoms with E-state index < -0.39 is 5.54 Å². The monoisotopic (exact) mass is 482 g/mol. The molecule has 0 aliphatic carbocycles. The smallest absolute Gasteiger partial charge is 0.284 e. The number of nitrogens with one attached hydrogen (secondary N) is 1. The van der Waals surface area contributed by atoms with Crippen molar-refractivity contribution in [3.8, 4) is 0 Å². The van der Waals surface area contributed by atoms with Crippen LogP contribution in [-0.2, 0) is 10.3 Å². The van der Waals surface area contributed by atoms with Crippen molar-refractivity contribution in [2.75, 3.05) is 24.3 Å². The molecule has 0 saturated carbocycles. The van der Waals surface area contributed by atoms with E-state index in [1.54, 1.807) is 23.7 Å². The van der Waals surface area contributed by atoms with Crippen molar-refractivity contribution < 1.29 is 13.9 Å². The first-order valence-corrected chi connectivity index (χ1v) is 13.0. The van der Waals surface area contributed by atoms with Gasteiger partial charge in [0.25, 0.3) is 5.91 Å². The van der Waals surface area contributed by atoms with Gasteiger partial charge in [-0.15, -0.1) is 11.3 Å². The van der Waals surface area contributed by atoms with Crippen LogP contribution in [-0.4, -0.2) is 35.0 Å². The number of carbonyl (C=O) groups is 1. The molecule has 6 nitrogen and oxygen atoms in total. The Morgan fingerprint density at radius 2 is 1.97 bits per heavy atom. The molecule has 1 aromatic heterocycles. The Bertz CT molecular complexity index is 862. The zero-order chi connectivity index (χ0) is 24.1. The molecule has 1 aromatic carbocycles. The fourth-order valence-electron chi connectivity index (χ4n) is 3.41. The summed E-state index contributed by atoms with van der Waals surface area (Å²) in [5, 5.41) is 5.32. The predicted molar refractivity (Wildman–Crippen MR) is 135 cm³/mol.